The van der Waals surface area contributed by atoms with Crippen LogP contribution >= 0.6 is 0 Å². The monoisotopic (exact) mass is 229 g/mol. The number of aromatic nitrogens is 4. The zero-order valence-corrected chi connectivity index (χ0v) is 10.0. The van der Waals surface area contributed by atoms with Crippen molar-refractivity contribution in [1.29, 1.82) is 0 Å². The lowest BCUT2D eigenvalue weighted by Gasteiger charge is -2.11. The molecule has 0 saturated heterocycles. The van der Waals surface area contributed by atoms with Crippen LogP contribution in [0.15, 0.2) is 18.5 Å². The highest BCUT2D eigenvalue weighted by atomic mass is 15.3. The second-order valence-electron chi connectivity index (χ2n) is 4.35. The molecule has 88 valence electrons. The summed E-state index contributed by atoms with van der Waals surface area (Å²) in [6, 6.07) is 1.90. The Balaban J connectivity index is 2.15. The van der Waals surface area contributed by atoms with Crippen LogP contribution in [0, 0.1) is 6.92 Å². The van der Waals surface area contributed by atoms with Gasteiger partial charge in [-0.25, -0.2) is 14.6 Å². The van der Waals surface area contributed by atoms with Crippen LogP contribution in [-0.2, 0) is 0 Å². The van der Waals surface area contributed by atoms with Crippen LogP contribution in [0.1, 0.15) is 30.1 Å². The van der Waals surface area contributed by atoms with Crippen LogP contribution in [0.5, 0.6) is 0 Å². The van der Waals surface area contributed by atoms with E-state index in [1.807, 2.05) is 26.2 Å². The lowest BCUT2D eigenvalue weighted by molar-refractivity contribution is 0.801. The summed E-state index contributed by atoms with van der Waals surface area (Å²) in [5, 5.41) is 7.37. The first-order valence-corrected chi connectivity index (χ1v) is 5.86. The van der Waals surface area contributed by atoms with Crippen molar-refractivity contribution in [2.75, 3.05) is 12.4 Å². The minimum atomic E-state index is 0.539. The summed E-state index contributed by atoms with van der Waals surface area (Å²) >= 11 is 0. The Morgan fingerprint density at radius 1 is 1.35 bits per heavy atom. The van der Waals surface area contributed by atoms with Crippen molar-refractivity contribution < 1.29 is 0 Å². The molecule has 0 aromatic carbocycles. The summed E-state index contributed by atoms with van der Waals surface area (Å²) in [5.74, 6) is 3.24. The largest absolute Gasteiger partial charge is 0.373 e. The van der Waals surface area contributed by atoms with E-state index in [-0.39, 0.29) is 0 Å². The molecule has 1 fully saturated rings. The van der Waals surface area contributed by atoms with Crippen molar-refractivity contribution in [3.63, 3.8) is 0 Å². The molecule has 0 spiro atoms. The van der Waals surface area contributed by atoms with Crippen LogP contribution in [0.4, 0.5) is 5.82 Å². The van der Waals surface area contributed by atoms with Crippen LogP contribution in [0.25, 0.3) is 5.82 Å². The van der Waals surface area contributed by atoms with Crippen molar-refractivity contribution >= 4 is 5.82 Å². The Morgan fingerprint density at radius 2 is 2.18 bits per heavy atom. The Kier molecular flexibility index (Phi) is 2.31. The summed E-state index contributed by atoms with van der Waals surface area (Å²) in [5.41, 5.74) is 1.03. The molecule has 1 N–H and O–H groups in total. The van der Waals surface area contributed by atoms with Crippen molar-refractivity contribution in [3.8, 4) is 5.82 Å². The molecule has 0 unspecified atom stereocenters. The second-order valence-corrected chi connectivity index (χ2v) is 4.35. The third-order valence-corrected chi connectivity index (χ3v) is 3.04. The molecule has 1 saturated carbocycles. The van der Waals surface area contributed by atoms with Gasteiger partial charge in [0.05, 0.1) is 0 Å². The Hall–Kier alpha value is -1.91. The fourth-order valence-electron chi connectivity index (χ4n) is 1.91. The standard InChI is InChI=1S/C12H15N5/c1-8-10(13-2)15-11(9-4-5-9)16-12(8)17-7-3-6-14-17/h3,6-7,9H,4-5H2,1-2H3,(H,13,15,16). The van der Waals surface area contributed by atoms with Gasteiger partial charge in [-0.15, -0.1) is 0 Å². The van der Waals surface area contributed by atoms with E-state index in [1.165, 1.54) is 12.8 Å². The molecule has 0 radical (unpaired) electrons. The van der Waals surface area contributed by atoms with Gasteiger partial charge in [-0.1, -0.05) is 0 Å². The molecule has 0 aliphatic heterocycles. The highest BCUT2D eigenvalue weighted by Gasteiger charge is 2.28. The van der Waals surface area contributed by atoms with E-state index >= 15 is 0 Å². The topological polar surface area (TPSA) is 55.6 Å². The van der Waals surface area contributed by atoms with Gasteiger partial charge in [-0.3, -0.25) is 0 Å². The van der Waals surface area contributed by atoms with Gasteiger partial charge in [0.15, 0.2) is 5.82 Å². The zero-order chi connectivity index (χ0) is 11.8. The third kappa shape index (κ3) is 1.77. The zero-order valence-electron chi connectivity index (χ0n) is 10.0. The van der Waals surface area contributed by atoms with E-state index in [0.717, 1.165) is 23.0 Å². The van der Waals surface area contributed by atoms with Crippen molar-refractivity contribution in [1.82, 2.24) is 19.7 Å². The molecule has 1 aliphatic rings. The number of rotatable bonds is 3. The first kappa shape index (κ1) is 10.3. The predicted molar refractivity (Wildman–Crippen MR) is 65.4 cm³/mol. The fraction of sp³-hybridized carbons (Fsp3) is 0.417. The Labute approximate surface area is 99.9 Å². The molecule has 5 nitrogen and oxygen atoms in total. The van der Waals surface area contributed by atoms with Gasteiger partial charge in [-0.05, 0) is 25.8 Å². The number of nitrogens with one attached hydrogen (secondary N) is 1. The van der Waals surface area contributed by atoms with Gasteiger partial charge in [0, 0.05) is 30.9 Å². The van der Waals surface area contributed by atoms with E-state index in [4.69, 9.17) is 0 Å². The first-order chi connectivity index (χ1) is 8.29. The van der Waals surface area contributed by atoms with Crippen molar-refractivity contribution in [3.05, 3.63) is 29.8 Å². The molecule has 2 aromatic rings. The average molecular weight is 229 g/mol. The highest BCUT2D eigenvalue weighted by molar-refractivity contribution is 5.51. The third-order valence-electron chi connectivity index (χ3n) is 3.04. The first-order valence-electron chi connectivity index (χ1n) is 5.86. The normalized spacial score (nSPS) is 14.9. The summed E-state index contributed by atoms with van der Waals surface area (Å²) in [4.78, 5) is 9.19. The molecule has 0 bridgehead atoms. The molecule has 0 atom stereocenters. The smallest absolute Gasteiger partial charge is 0.162 e. The van der Waals surface area contributed by atoms with Gasteiger partial charge >= 0.3 is 0 Å². The van der Waals surface area contributed by atoms with Crippen molar-refractivity contribution in [2.45, 2.75) is 25.7 Å². The number of hydrogen-bond donors (Lipinski definition) is 1. The number of anilines is 1. The van der Waals surface area contributed by atoms with Crippen LogP contribution in [-0.4, -0.2) is 26.8 Å². The van der Waals surface area contributed by atoms with E-state index in [1.54, 1.807) is 10.9 Å². The SMILES string of the molecule is CNc1nc(C2CC2)nc(-n2cccn2)c1C. The van der Waals surface area contributed by atoms with Crippen molar-refractivity contribution in [2.24, 2.45) is 0 Å². The summed E-state index contributed by atoms with van der Waals surface area (Å²) in [7, 11) is 1.89. The van der Waals surface area contributed by atoms with E-state index < -0.39 is 0 Å². The molecule has 3 rings (SSSR count). The van der Waals surface area contributed by atoms with Gasteiger partial charge in [0.2, 0.25) is 0 Å². The molecule has 1 aliphatic carbocycles. The predicted octanol–water partition coefficient (Wildman–Crippen LogP) is 1.89. The van der Waals surface area contributed by atoms with E-state index in [2.05, 4.69) is 20.4 Å². The van der Waals surface area contributed by atoms with Crippen LogP contribution in [0.2, 0.25) is 0 Å². The summed E-state index contributed by atoms with van der Waals surface area (Å²) in [6.45, 7) is 2.01. The maximum Gasteiger partial charge on any atom is 0.162 e. The molecule has 2 heterocycles. The fourth-order valence-corrected chi connectivity index (χ4v) is 1.91. The maximum absolute atomic E-state index is 4.63. The number of nitrogens with zero attached hydrogens (tertiary/aromatic N) is 4. The maximum atomic E-state index is 4.63. The van der Waals surface area contributed by atoms with Gasteiger partial charge < -0.3 is 5.32 Å². The minimum absolute atomic E-state index is 0.539. The lowest BCUT2D eigenvalue weighted by atomic mass is 10.3. The van der Waals surface area contributed by atoms with Gasteiger partial charge in [-0.2, -0.15) is 5.10 Å². The lowest BCUT2D eigenvalue weighted by Crippen LogP contribution is -2.09. The minimum Gasteiger partial charge on any atom is -0.373 e. The summed E-state index contributed by atoms with van der Waals surface area (Å²) < 4.78 is 1.80. The highest BCUT2D eigenvalue weighted by Crippen LogP contribution is 2.39. The molecule has 17 heavy (non-hydrogen) atoms. The van der Waals surface area contributed by atoms with E-state index in [9.17, 15) is 0 Å². The Bertz CT molecular complexity index is 528. The Morgan fingerprint density at radius 3 is 2.76 bits per heavy atom. The molecular weight excluding hydrogens is 214 g/mol. The molecule has 0 amide bonds. The van der Waals surface area contributed by atoms with Gasteiger partial charge in [0.1, 0.15) is 11.6 Å². The van der Waals surface area contributed by atoms with Crippen LogP contribution < -0.4 is 5.32 Å². The van der Waals surface area contributed by atoms with Gasteiger partial charge in [0.25, 0.3) is 0 Å². The number of hydrogen-bond acceptors (Lipinski definition) is 4. The quantitative estimate of drug-likeness (QED) is 0.873. The summed E-state index contributed by atoms with van der Waals surface area (Å²) in [6.07, 6.45) is 6.07. The average Bonchev–Trinajstić information content (AvgIpc) is 3.05. The molecule has 5 heteroatoms. The molecular formula is C12H15N5. The van der Waals surface area contributed by atoms with Crippen LogP contribution in [0.3, 0.4) is 0 Å². The second kappa shape index (κ2) is 3.84. The van der Waals surface area contributed by atoms with E-state index in [0.29, 0.717) is 5.92 Å². The molecule has 2 aromatic heterocycles.